The highest BCUT2D eigenvalue weighted by molar-refractivity contribution is 9.11. The number of thiophene rings is 1. The Bertz CT molecular complexity index is 375. The van der Waals surface area contributed by atoms with Crippen LogP contribution in [0.1, 0.15) is 18.2 Å². The van der Waals surface area contributed by atoms with E-state index >= 15 is 0 Å². The van der Waals surface area contributed by atoms with Crippen molar-refractivity contribution in [3.63, 3.8) is 0 Å². The fourth-order valence-electron chi connectivity index (χ4n) is 1.11. The number of rotatable bonds is 4. The monoisotopic (exact) mass is 289 g/mol. The predicted molar refractivity (Wildman–Crippen MR) is 63.8 cm³/mol. The maximum Gasteiger partial charge on any atom is 0.230 e. The lowest BCUT2D eigenvalue weighted by molar-refractivity contribution is -0.134. The van der Waals surface area contributed by atoms with Gasteiger partial charge in [0.1, 0.15) is 5.78 Å². The zero-order valence-electron chi connectivity index (χ0n) is 8.62. The van der Waals surface area contributed by atoms with Crippen molar-refractivity contribution in [3.05, 3.63) is 20.8 Å². The number of ketones is 1. The van der Waals surface area contributed by atoms with Gasteiger partial charge in [-0.15, -0.1) is 11.3 Å². The number of halogens is 1. The van der Waals surface area contributed by atoms with Crippen LogP contribution in [0.4, 0.5) is 0 Å². The summed E-state index contributed by atoms with van der Waals surface area (Å²) in [6.07, 6.45) is -0.0109. The summed E-state index contributed by atoms with van der Waals surface area (Å²) in [5.74, 6) is -0.230. The van der Waals surface area contributed by atoms with Crippen LogP contribution in [0.15, 0.2) is 15.9 Å². The van der Waals surface area contributed by atoms with Gasteiger partial charge < -0.3 is 4.90 Å². The second kappa shape index (κ2) is 5.42. The topological polar surface area (TPSA) is 37.4 Å². The largest absolute Gasteiger partial charge is 0.340 e. The lowest BCUT2D eigenvalue weighted by Crippen LogP contribution is -2.27. The summed E-state index contributed by atoms with van der Waals surface area (Å²) < 4.78 is 1.05. The first-order valence-electron chi connectivity index (χ1n) is 4.46. The SMILES string of the molecule is CC(=O)CC(=O)N(C)Cc1ccc(Br)s1. The molecule has 0 saturated carbocycles. The third-order valence-corrected chi connectivity index (χ3v) is 3.46. The summed E-state index contributed by atoms with van der Waals surface area (Å²) in [6.45, 7) is 1.98. The summed E-state index contributed by atoms with van der Waals surface area (Å²) in [4.78, 5) is 24.9. The van der Waals surface area contributed by atoms with E-state index in [1.165, 1.54) is 6.92 Å². The maximum atomic E-state index is 11.5. The van der Waals surface area contributed by atoms with E-state index in [1.54, 1.807) is 23.3 Å². The average Bonchev–Trinajstić information content (AvgIpc) is 2.50. The maximum absolute atomic E-state index is 11.5. The minimum absolute atomic E-state index is 0.0109. The van der Waals surface area contributed by atoms with Crippen LogP contribution in [0.3, 0.4) is 0 Å². The highest BCUT2D eigenvalue weighted by atomic mass is 79.9. The third kappa shape index (κ3) is 4.13. The van der Waals surface area contributed by atoms with Gasteiger partial charge >= 0.3 is 0 Å². The van der Waals surface area contributed by atoms with E-state index < -0.39 is 0 Å². The second-order valence-corrected chi connectivity index (χ2v) is 5.88. The van der Waals surface area contributed by atoms with Crippen LogP contribution in [0.2, 0.25) is 0 Å². The number of nitrogens with zero attached hydrogens (tertiary/aromatic N) is 1. The first-order chi connectivity index (χ1) is 6.99. The molecule has 5 heteroatoms. The molecule has 1 aromatic heterocycles. The van der Waals surface area contributed by atoms with Gasteiger partial charge in [-0.05, 0) is 35.0 Å². The Morgan fingerprint density at radius 2 is 2.13 bits per heavy atom. The van der Waals surface area contributed by atoms with E-state index in [4.69, 9.17) is 0 Å². The quantitative estimate of drug-likeness (QED) is 0.799. The van der Waals surface area contributed by atoms with Gasteiger partial charge in [-0.3, -0.25) is 9.59 Å². The molecule has 0 bridgehead atoms. The molecule has 15 heavy (non-hydrogen) atoms. The van der Waals surface area contributed by atoms with Gasteiger partial charge in [0, 0.05) is 11.9 Å². The van der Waals surface area contributed by atoms with E-state index in [-0.39, 0.29) is 18.1 Å². The molecule has 0 spiro atoms. The van der Waals surface area contributed by atoms with Crippen LogP contribution >= 0.6 is 27.3 Å². The zero-order chi connectivity index (χ0) is 11.4. The molecule has 1 amide bonds. The van der Waals surface area contributed by atoms with Crippen molar-refractivity contribution >= 4 is 39.0 Å². The van der Waals surface area contributed by atoms with Gasteiger partial charge in [-0.1, -0.05) is 0 Å². The van der Waals surface area contributed by atoms with Crippen LogP contribution in [0.5, 0.6) is 0 Å². The first-order valence-corrected chi connectivity index (χ1v) is 6.07. The fourth-order valence-corrected chi connectivity index (χ4v) is 2.64. The average molecular weight is 290 g/mol. The highest BCUT2D eigenvalue weighted by Gasteiger charge is 2.12. The van der Waals surface area contributed by atoms with Crippen molar-refractivity contribution in [2.75, 3.05) is 7.05 Å². The molecule has 0 atom stereocenters. The van der Waals surface area contributed by atoms with Gasteiger partial charge in [-0.25, -0.2) is 0 Å². The van der Waals surface area contributed by atoms with Crippen LogP contribution < -0.4 is 0 Å². The van der Waals surface area contributed by atoms with E-state index in [0.29, 0.717) is 6.54 Å². The lowest BCUT2D eigenvalue weighted by Gasteiger charge is -2.14. The normalized spacial score (nSPS) is 10.1. The molecule has 0 aliphatic carbocycles. The Kier molecular flexibility index (Phi) is 4.47. The van der Waals surface area contributed by atoms with Crippen molar-refractivity contribution in [2.45, 2.75) is 19.9 Å². The zero-order valence-corrected chi connectivity index (χ0v) is 11.0. The van der Waals surface area contributed by atoms with E-state index in [9.17, 15) is 9.59 Å². The number of amides is 1. The Labute approximate surface area is 101 Å². The summed E-state index contributed by atoms with van der Waals surface area (Å²) in [5, 5.41) is 0. The number of carbonyl (C=O) groups is 2. The fraction of sp³-hybridized carbons (Fsp3) is 0.400. The predicted octanol–water partition coefficient (Wildman–Crippen LogP) is 2.45. The standard InChI is InChI=1S/C10H12BrNO2S/c1-7(13)5-10(14)12(2)6-8-3-4-9(11)15-8/h3-4H,5-6H2,1-2H3. The van der Waals surface area contributed by atoms with Crippen LogP contribution in [0.25, 0.3) is 0 Å². The molecule has 82 valence electrons. The van der Waals surface area contributed by atoms with Crippen molar-refractivity contribution in [1.29, 1.82) is 0 Å². The number of Topliss-reactive ketones (excluding diaryl/α,β-unsaturated/α-hetero) is 1. The van der Waals surface area contributed by atoms with E-state index in [0.717, 1.165) is 8.66 Å². The highest BCUT2D eigenvalue weighted by Crippen LogP contribution is 2.23. The van der Waals surface area contributed by atoms with Gasteiger partial charge in [0.25, 0.3) is 0 Å². The Hall–Kier alpha value is -0.680. The molecule has 1 heterocycles. The Morgan fingerprint density at radius 3 is 2.60 bits per heavy atom. The number of hydrogen-bond donors (Lipinski definition) is 0. The molecular formula is C10H12BrNO2S. The Balaban J connectivity index is 2.51. The molecule has 0 aliphatic rings. The number of carbonyl (C=O) groups excluding carboxylic acids is 2. The van der Waals surface area contributed by atoms with Gasteiger partial charge in [0.2, 0.25) is 5.91 Å². The van der Waals surface area contributed by atoms with E-state index in [2.05, 4.69) is 15.9 Å². The van der Waals surface area contributed by atoms with Crippen LogP contribution in [0, 0.1) is 0 Å². The lowest BCUT2D eigenvalue weighted by atomic mass is 10.3. The smallest absolute Gasteiger partial charge is 0.230 e. The van der Waals surface area contributed by atoms with Crippen molar-refractivity contribution in [1.82, 2.24) is 4.90 Å². The summed E-state index contributed by atoms with van der Waals surface area (Å²) >= 11 is 4.95. The van der Waals surface area contributed by atoms with Crippen LogP contribution in [-0.2, 0) is 16.1 Å². The number of hydrogen-bond acceptors (Lipinski definition) is 3. The summed E-state index contributed by atoms with van der Waals surface area (Å²) in [6, 6.07) is 3.91. The molecular weight excluding hydrogens is 278 g/mol. The van der Waals surface area contributed by atoms with Crippen molar-refractivity contribution in [3.8, 4) is 0 Å². The minimum Gasteiger partial charge on any atom is -0.340 e. The molecule has 0 aliphatic heterocycles. The summed E-state index contributed by atoms with van der Waals surface area (Å²) in [7, 11) is 1.71. The second-order valence-electron chi connectivity index (χ2n) is 3.33. The molecule has 3 nitrogen and oxygen atoms in total. The molecule has 1 aromatic rings. The third-order valence-electron chi connectivity index (χ3n) is 1.85. The van der Waals surface area contributed by atoms with Gasteiger partial charge in [-0.2, -0.15) is 0 Å². The van der Waals surface area contributed by atoms with Crippen molar-refractivity contribution < 1.29 is 9.59 Å². The van der Waals surface area contributed by atoms with E-state index in [1.807, 2.05) is 12.1 Å². The van der Waals surface area contributed by atoms with Gasteiger partial charge in [0.15, 0.2) is 0 Å². The molecule has 0 aromatic carbocycles. The molecule has 0 unspecified atom stereocenters. The Morgan fingerprint density at radius 1 is 1.47 bits per heavy atom. The molecule has 0 fully saturated rings. The molecule has 0 saturated heterocycles. The molecule has 0 N–H and O–H groups in total. The molecule has 1 rings (SSSR count). The van der Waals surface area contributed by atoms with Gasteiger partial charge in [0.05, 0.1) is 16.8 Å². The van der Waals surface area contributed by atoms with Crippen LogP contribution in [-0.4, -0.2) is 23.6 Å². The van der Waals surface area contributed by atoms with Crippen molar-refractivity contribution in [2.24, 2.45) is 0 Å². The molecule has 0 radical (unpaired) electrons. The first kappa shape index (κ1) is 12.4. The summed E-state index contributed by atoms with van der Waals surface area (Å²) in [5.41, 5.74) is 0. The minimum atomic E-state index is -0.132.